The summed E-state index contributed by atoms with van der Waals surface area (Å²) < 4.78 is 14.4. The standard InChI is InChI=1S/C24H28N5O2P/c1-32(2,31)23-5-3-4-20(12-23)18-6-8-19(9-7-18)21-13-28(14-21)24(30)27-11-10-22(15-27)29-16-25-26-17-29/h3-9,12,16-17,21-22H,10-11,13-15H2,1-2H3/t22-/m0/s1. The van der Waals surface area contributed by atoms with Gasteiger partial charge in [0.1, 0.15) is 19.8 Å². The number of benzene rings is 2. The van der Waals surface area contributed by atoms with Gasteiger partial charge in [-0.25, -0.2) is 4.79 Å². The van der Waals surface area contributed by atoms with E-state index in [2.05, 4.69) is 40.5 Å². The number of urea groups is 1. The first-order chi connectivity index (χ1) is 15.4. The van der Waals surface area contributed by atoms with Crippen molar-refractivity contribution in [2.24, 2.45) is 0 Å². The smallest absolute Gasteiger partial charge is 0.320 e. The van der Waals surface area contributed by atoms with E-state index < -0.39 is 7.14 Å². The second kappa shape index (κ2) is 8.21. The minimum absolute atomic E-state index is 0.133. The first-order valence-corrected chi connectivity index (χ1v) is 13.6. The van der Waals surface area contributed by atoms with Crippen LogP contribution in [0.4, 0.5) is 4.79 Å². The van der Waals surface area contributed by atoms with Crippen LogP contribution in [0.1, 0.15) is 23.9 Å². The summed E-state index contributed by atoms with van der Waals surface area (Å²) in [5, 5.41) is 8.64. The van der Waals surface area contributed by atoms with Gasteiger partial charge in [0.25, 0.3) is 0 Å². The van der Waals surface area contributed by atoms with Gasteiger partial charge in [0.05, 0.1) is 6.04 Å². The van der Waals surface area contributed by atoms with Crippen LogP contribution in [0.2, 0.25) is 0 Å². The van der Waals surface area contributed by atoms with Gasteiger partial charge in [-0.3, -0.25) is 0 Å². The minimum Gasteiger partial charge on any atom is -0.323 e. The quantitative estimate of drug-likeness (QED) is 0.570. The molecule has 0 unspecified atom stereocenters. The Hall–Kier alpha value is -2.92. The average molecular weight is 449 g/mol. The normalized spacial score (nSPS) is 19.2. The third-order valence-electron chi connectivity index (χ3n) is 6.63. The van der Waals surface area contributed by atoms with Crippen molar-refractivity contribution in [3.63, 3.8) is 0 Å². The van der Waals surface area contributed by atoms with Crippen molar-refractivity contribution in [1.82, 2.24) is 24.6 Å². The van der Waals surface area contributed by atoms with Gasteiger partial charge in [0.2, 0.25) is 0 Å². The van der Waals surface area contributed by atoms with Crippen molar-refractivity contribution >= 4 is 18.5 Å². The lowest BCUT2D eigenvalue weighted by Gasteiger charge is -2.41. The van der Waals surface area contributed by atoms with Crippen LogP contribution < -0.4 is 5.30 Å². The van der Waals surface area contributed by atoms with Crippen LogP contribution in [-0.2, 0) is 4.57 Å². The van der Waals surface area contributed by atoms with Crippen LogP contribution in [0.25, 0.3) is 11.1 Å². The fraction of sp³-hybridized carbons (Fsp3) is 0.375. The van der Waals surface area contributed by atoms with Gasteiger partial charge in [-0.2, -0.15) is 0 Å². The number of rotatable bonds is 4. The Morgan fingerprint density at radius 3 is 2.34 bits per heavy atom. The molecule has 5 rings (SSSR count). The topological polar surface area (TPSA) is 71.3 Å². The summed E-state index contributed by atoms with van der Waals surface area (Å²) in [7, 11) is -2.28. The third kappa shape index (κ3) is 4.09. The van der Waals surface area contributed by atoms with E-state index in [9.17, 15) is 9.36 Å². The van der Waals surface area contributed by atoms with Gasteiger partial charge in [-0.05, 0) is 42.5 Å². The Morgan fingerprint density at radius 2 is 1.66 bits per heavy atom. The van der Waals surface area contributed by atoms with Crippen molar-refractivity contribution in [3.05, 3.63) is 66.7 Å². The van der Waals surface area contributed by atoms with Crippen LogP contribution in [0.5, 0.6) is 0 Å². The largest absolute Gasteiger partial charge is 0.323 e. The molecule has 0 bridgehead atoms. The molecule has 2 aromatic carbocycles. The van der Waals surface area contributed by atoms with Crippen LogP contribution in [-0.4, -0.2) is 70.1 Å². The summed E-state index contributed by atoms with van der Waals surface area (Å²) in [6, 6.07) is 17.0. The fourth-order valence-electron chi connectivity index (χ4n) is 4.57. The molecule has 166 valence electrons. The molecule has 2 amide bonds. The molecule has 2 saturated heterocycles. The van der Waals surface area contributed by atoms with Crippen molar-refractivity contribution in [2.45, 2.75) is 18.4 Å². The molecule has 8 heteroatoms. The zero-order valence-corrected chi connectivity index (χ0v) is 19.4. The van der Waals surface area contributed by atoms with E-state index in [-0.39, 0.29) is 12.1 Å². The highest BCUT2D eigenvalue weighted by Gasteiger charge is 2.37. The van der Waals surface area contributed by atoms with E-state index in [1.54, 1.807) is 26.0 Å². The molecule has 0 spiro atoms. The Kier molecular flexibility index (Phi) is 5.38. The number of likely N-dealkylation sites (tertiary alicyclic amines) is 2. The van der Waals surface area contributed by atoms with Gasteiger partial charge < -0.3 is 18.9 Å². The highest BCUT2D eigenvalue weighted by Crippen LogP contribution is 2.36. The molecule has 2 aliphatic rings. The van der Waals surface area contributed by atoms with Crippen molar-refractivity contribution in [2.75, 3.05) is 39.5 Å². The molecule has 0 aliphatic carbocycles. The molecule has 0 N–H and O–H groups in total. The van der Waals surface area contributed by atoms with Gasteiger partial charge in [-0.15, -0.1) is 10.2 Å². The van der Waals surface area contributed by atoms with Crippen LogP contribution in [0, 0.1) is 0 Å². The number of nitrogens with zero attached hydrogens (tertiary/aromatic N) is 5. The fourth-order valence-corrected chi connectivity index (χ4v) is 5.46. The second-order valence-corrected chi connectivity index (χ2v) is 12.4. The van der Waals surface area contributed by atoms with Crippen LogP contribution in [0.3, 0.4) is 0 Å². The maximum atomic E-state index is 12.9. The number of carbonyl (C=O) groups is 1. The number of carbonyl (C=O) groups excluding carboxylic acids is 1. The molecule has 32 heavy (non-hydrogen) atoms. The zero-order valence-electron chi connectivity index (χ0n) is 18.5. The molecular weight excluding hydrogens is 421 g/mol. The molecule has 0 saturated carbocycles. The van der Waals surface area contributed by atoms with Crippen molar-refractivity contribution in [3.8, 4) is 11.1 Å². The molecule has 3 aromatic rings. The molecule has 0 radical (unpaired) electrons. The second-order valence-electron chi connectivity index (χ2n) is 9.21. The van der Waals surface area contributed by atoms with Gasteiger partial charge in [0.15, 0.2) is 0 Å². The predicted octanol–water partition coefficient (Wildman–Crippen LogP) is 3.66. The van der Waals surface area contributed by atoms with E-state index in [1.807, 2.05) is 32.6 Å². The van der Waals surface area contributed by atoms with Gasteiger partial charge in [-0.1, -0.05) is 42.5 Å². The third-order valence-corrected chi connectivity index (χ3v) is 8.15. The highest BCUT2D eigenvalue weighted by atomic mass is 31.2. The molecule has 3 heterocycles. The van der Waals surface area contributed by atoms with E-state index in [4.69, 9.17) is 0 Å². The van der Waals surface area contributed by atoms with Crippen molar-refractivity contribution in [1.29, 1.82) is 0 Å². The Balaban J connectivity index is 1.19. The summed E-state index contributed by atoms with van der Waals surface area (Å²) in [6.07, 6.45) is 4.39. The Bertz CT molecular complexity index is 1150. The molecule has 2 fully saturated rings. The summed E-state index contributed by atoms with van der Waals surface area (Å²) in [5.74, 6) is 0.377. The predicted molar refractivity (Wildman–Crippen MR) is 126 cm³/mol. The number of hydrogen-bond donors (Lipinski definition) is 0. The van der Waals surface area contributed by atoms with E-state index in [0.29, 0.717) is 12.5 Å². The summed E-state index contributed by atoms with van der Waals surface area (Å²) in [6.45, 7) is 6.62. The maximum Gasteiger partial charge on any atom is 0.320 e. The van der Waals surface area contributed by atoms with Crippen molar-refractivity contribution < 1.29 is 9.36 Å². The number of hydrogen-bond acceptors (Lipinski definition) is 4. The zero-order chi connectivity index (χ0) is 22.3. The lowest BCUT2D eigenvalue weighted by molar-refractivity contribution is 0.120. The summed E-state index contributed by atoms with van der Waals surface area (Å²) in [5.41, 5.74) is 3.46. The summed E-state index contributed by atoms with van der Waals surface area (Å²) in [4.78, 5) is 16.7. The van der Waals surface area contributed by atoms with Crippen LogP contribution >= 0.6 is 7.14 Å². The lowest BCUT2D eigenvalue weighted by atomic mass is 9.90. The molecule has 2 aliphatic heterocycles. The SMILES string of the molecule is CP(C)(=O)c1cccc(-c2ccc(C3CN(C(=O)N4CC[C@H](n5cnnc5)C4)C3)cc2)c1. The average Bonchev–Trinajstić information content (AvgIpc) is 3.44. The maximum absolute atomic E-state index is 12.9. The van der Waals surface area contributed by atoms with Gasteiger partial charge >= 0.3 is 6.03 Å². The summed E-state index contributed by atoms with van der Waals surface area (Å²) >= 11 is 0. The first kappa shape index (κ1) is 21.0. The monoisotopic (exact) mass is 449 g/mol. The van der Waals surface area contributed by atoms with Crippen LogP contribution in [0.15, 0.2) is 61.2 Å². The lowest BCUT2D eigenvalue weighted by Crippen LogP contribution is -2.53. The minimum atomic E-state index is -2.28. The van der Waals surface area contributed by atoms with E-state index in [0.717, 1.165) is 42.5 Å². The molecular formula is C24H28N5O2P. The van der Waals surface area contributed by atoms with Gasteiger partial charge in [0, 0.05) is 37.4 Å². The number of aromatic nitrogens is 3. The molecule has 7 nitrogen and oxygen atoms in total. The van der Waals surface area contributed by atoms with E-state index in [1.165, 1.54) is 5.56 Å². The first-order valence-electron chi connectivity index (χ1n) is 11.0. The Morgan fingerprint density at radius 1 is 0.938 bits per heavy atom. The number of amides is 2. The Labute approximate surface area is 188 Å². The molecule has 1 atom stereocenters. The molecule has 1 aromatic heterocycles. The highest BCUT2D eigenvalue weighted by molar-refractivity contribution is 7.70. The van der Waals surface area contributed by atoms with E-state index >= 15 is 0 Å².